The molecule has 202 valence electrons. The lowest BCUT2D eigenvalue weighted by Crippen LogP contribution is -2.57. The zero-order valence-electron chi connectivity index (χ0n) is 22.7. The Bertz CT molecular complexity index is 1420. The van der Waals surface area contributed by atoms with Gasteiger partial charge < -0.3 is 10.2 Å². The van der Waals surface area contributed by atoms with Gasteiger partial charge in [-0.25, -0.2) is 4.90 Å². The van der Waals surface area contributed by atoms with Crippen LogP contribution in [-0.2, 0) is 33.6 Å². The van der Waals surface area contributed by atoms with Gasteiger partial charge in [0, 0.05) is 12.5 Å². The number of fused-ring (bicyclic) bond motifs is 1. The molecule has 2 fully saturated rings. The Labute approximate surface area is 228 Å². The van der Waals surface area contributed by atoms with Crippen LogP contribution in [-0.4, -0.2) is 33.5 Å². The summed E-state index contributed by atoms with van der Waals surface area (Å²) in [5, 5.41) is 24.5. The molecule has 7 nitrogen and oxygen atoms in total. The first-order chi connectivity index (χ1) is 18.6. The van der Waals surface area contributed by atoms with Crippen LogP contribution in [0.15, 0.2) is 60.7 Å². The minimum absolute atomic E-state index is 0.0415. The third kappa shape index (κ3) is 4.12. The van der Waals surface area contributed by atoms with Crippen LogP contribution in [0.5, 0.6) is 5.75 Å². The largest absolute Gasteiger partial charge is 0.507 e. The molecule has 0 radical (unpaired) electrons. The number of amides is 2. The van der Waals surface area contributed by atoms with Crippen molar-refractivity contribution in [3.8, 4) is 5.75 Å². The molecule has 4 atom stereocenters. The van der Waals surface area contributed by atoms with E-state index < -0.39 is 41.2 Å². The molecule has 7 heteroatoms. The van der Waals surface area contributed by atoms with Crippen LogP contribution in [0, 0.1) is 25.7 Å². The Kier molecular flexibility index (Phi) is 6.81. The average molecular weight is 527 g/mol. The molecule has 3 N–H and O–H groups in total. The van der Waals surface area contributed by atoms with Crippen LogP contribution in [0.1, 0.15) is 53.3 Å². The fraction of sp³-hybridized carbons (Fsp3) is 0.344. The molecule has 5 rings (SSSR count). The van der Waals surface area contributed by atoms with E-state index in [9.17, 15) is 24.6 Å². The van der Waals surface area contributed by atoms with Gasteiger partial charge in [-0.1, -0.05) is 74.5 Å². The van der Waals surface area contributed by atoms with Gasteiger partial charge >= 0.3 is 5.97 Å². The molecule has 2 amide bonds. The molecule has 3 aromatic carbocycles. The number of hydrogen-bond donors (Lipinski definition) is 3. The number of carboxylic acids is 1. The van der Waals surface area contributed by atoms with E-state index in [4.69, 9.17) is 0 Å². The van der Waals surface area contributed by atoms with Crippen LogP contribution in [0.4, 0.5) is 5.69 Å². The molecular formula is C32H34N2O5. The smallest absolute Gasteiger partial charge is 0.325 e. The predicted molar refractivity (Wildman–Crippen MR) is 149 cm³/mol. The van der Waals surface area contributed by atoms with Crippen molar-refractivity contribution in [2.45, 2.75) is 58.5 Å². The lowest BCUT2D eigenvalue weighted by Gasteiger charge is -2.32. The van der Waals surface area contributed by atoms with Crippen LogP contribution >= 0.6 is 0 Å². The van der Waals surface area contributed by atoms with E-state index in [-0.39, 0.29) is 12.2 Å². The maximum atomic E-state index is 14.4. The summed E-state index contributed by atoms with van der Waals surface area (Å²) in [4.78, 5) is 43.2. The van der Waals surface area contributed by atoms with Crippen molar-refractivity contribution >= 4 is 23.5 Å². The average Bonchev–Trinajstić information content (AvgIpc) is 3.40. The third-order valence-electron chi connectivity index (χ3n) is 8.42. The van der Waals surface area contributed by atoms with Crippen LogP contribution < -0.4 is 10.2 Å². The summed E-state index contributed by atoms with van der Waals surface area (Å²) < 4.78 is 0. The maximum Gasteiger partial charge on any atom is 0.325 e. The van der Waals surface area contributed by atoms with E-state index in [1.54, 1.807) is 26.0 Å². The zero-order valence-corrected chi connectivity index (χ0v) is 22.7. The van der Waals surface area contributed by atoms with Crippen LogP contribution in [0.25, 0.3) is 0 Å². The number of benzene rings is 3. The number of carboxylic acid groups (broad SMARTS) is 1. The SMILES string of the molecule is CCc1cccc(CC)c1N1C(=O)C2C(c3cc(C)c(O)c(C)c3)NC(Cc3ccccc3)(C(=O)O)C2C1=O. The van der Waals surface area contributed by atoms with Crippen LogP contribution in [0.3, 0.4) is 0 Å². The van der Waals surface area contributed by atoms with Gasteiger partial charge in [0.15, 0.2) is 0 Å². The standard InChI is InChI=1S/C32H34N2O5/c1-5-21-13-10-14-22(6-2)27(21)34-29(36)24-25(30(34)37)32(31(38)39,17-20-11-8-7-9-12-20)33-26(24)23-15-18(3)28(35)19(4)16-23/h7-16,24-26,33,35H,5-6,17H2,1-4H3,(H,38,39). The maximum absolute atomic E-state index is 14.4. The van der Waals surface area contributed by atoms with Gasteiger partial charge in [0.2, 0.25) is 11.8 Å². The first kappa shape index (κ1) is 26.6. The van der Waals surface area contributed by atoms with Crippen LogP contribution in [0.2, 0.25) is 0 Å². The number of anilines is 1. The first-order valence-corrected chi connectivity index (χ1v) is 13.5. The molecule has 39 heavy (non-hydrogen) atoms. The summed E-state index contributed by atoms with van der Waals surface area (Å²) in [6, 6.07) is 17.8. The van der Waals surface area contributed by atoms with Crippen molar-refractivity contribution in [1.82, 2.24) is 5.32 Å². The van der Waals surface area contributed by atoms with E-state index in [1.165, 1.54) is 4.90 Å². The van der Waals surface area contributed by atoms with Crippen molar-refractivity contribution in [3.05, 3.63) is 94.0 Å². The van der Waals surface area contributed by atoms with Gasteiger partial charge in [0.05, 0.1) is 17.5 Å². The van der Waals surface area contributed by atoms with Crippen molar-refractivity contribution in [1.29, 1.82) is 0 Å². The van der Waals surface area contributed by atoms with Crippen molar-refractivity contribution in [3.63, 3.8) is 0 Å². The van der Waals surface area contributed by atoms with Gasteiger partial charge in [-0.05, 0) is 60.1 Å². The predicted octanol–water partition coefficient (Wildman–Crippen LogP) is 4.65. The number of carbonyl (C=O) groups is 3. The number of hydrogen-bond acceptors (Lipinski definition) is 5. The quantitative estimate of drug-likeness (QED) is 0.387. The number of rotatable bonds is 7. The fourth-order valence-electron chi connectivity index (χ4n) is 6.53. The number of aliphatic carboxylic acids is 1. The summed E-state index contributed by atoms with van der Waals surface area (Å²) in [7, 11) is 0. The lowest BCUT2D eigenvalue weighted by molar-refractivity contribution is -0.148. The third-order valence-corrected chi connectivity index (χ3v) is 8.42. The second kappa shape index (κ2) is 9.97. The fourth-order valence-corrected chi connectivity index (χ4v) is 6.53. The van der Waals surface area contributed by atoms with Gasteiger partial charge in [-0.2, -0.15) is 0 Å². The molecule has 2 aliphatic rings. The summed E-state index contributed by atoms with van der Waals surface area (Å²) in [6.07, 6.45) is 1.29. The monoisotopic (exact) mass is 526 g/mol. The Morgan fingerprint density at radius 3 is 2.05 bits per heavy atom. The van der Waals surface area contributed by atoms with E-state index in [1.807, 2.05) is 62.4 Å². The number of nitrogens with zero attached hydrogens (tertiary/aromatic N) is 1. The molecule has 3 aromatic rings. The summed E-state index contributed by atoms with van der Waals surface area (Å²) in [5.74, 6) is -3.92. The molecule has 2 heterocycles. The van der Waals surface area contributed by atoms with E-state index >= 15 is 0 Å². The Morgan fingerprint density at radius 1 is 0.923 bits per heavy atom. The number of phenolic OH excluding ortho intramolecular Hbond substituents is 1. The molecule has 0 aromatic heterocycles. The number of aromatic hydroxyl groups is 1. The second-order valence-corrected chi connectivity index (χ2v) is 10.7. The number of aryl methyl sites for hydroxylation is 4. The molecule has 0 saturated carbocycles. The highest BCUT2D eigenvalue weighted by atomic mass is 16.4. The molecule has 0 aliphatic carbocycles. The van der Waals surface area contributed by atoms with Crippen molar-refractivity contribution < 1.29 is 24.6 Å². The van der Waals surface area contributed by atoms with E-state index in [2.05, 4.69) is 5.32 Å². The number of carbonyl (C=O) groups excluding carboxylic acids is 2. The minimum atomic E-state index is -1.70. The molecule has 2 aliphatic heterocycles. The van der Waals surface area contributed by atoms with Gasteiger partial charge in [-0.15, -0.1) is 0 Å². The van der Waals surface area contributed by atoms with Gasteiger partial charge in [0.1, 0.15) is 11.3 Å². The molecule has 4 unspecified atom stereocenters. The second-order valence-electron chi connectivity index (χ2n) is 10.7. The highest BCUT2D eigenvalue weighted by Gasteiger charge is 2.68. The summed E-state index contributed by atoms with van der Waals surface area (Å²) >= 11 is 0. The lowest BCUT2D eigenvalue weighted by atomic mass is 9.76. The van der Waals surface area contributed by atoms with Crippen molar-refractivity contribution in [2.75, 3.05) is 4.90 Å². The summed E-state index contributed by atoms with van der Waals surface area (Å²) in [5.41, 5.74) is 3.31. The molecule has 0 spiro atoms. The molecule has 0 bridgehead atoms. The first-order valence-electron chi connectivity index (χ1n) is 13.5. The number of phenols is 1. The highest BCUT2D eigenvalue weighted by Crippen LogP contribution is 2.52. The number of nitrogens with one attached hydrogen (secondary N) is 1. The molecule has 2 saturated heterocycles. The Hall–Kier alpha value is -3.97. The normalized spacial score (nSPS) is 24.3. The van der Waals surface area contributed by atoms with E-state index in [0.29, 0.717) is 35.2 Å². The van der Waals surface area contributed by atoms with E-state index in [0.717, 1.165) is 16.7 Å². The van der Waals surface area contributed by atoms with Crippen molar-refractivity contribution in [2.24, 2.45) is 11.8 Å². The Morgan fingerprint density at radius 2 is 1.51 bits per heavy atom. The van der Waals surface area contributed by atoms with Gasteiger partial charge in [-0.3, -0.25) is 19.7 Å². The number of imide groups is 1. The topological polar surface area (TPSA) is 107 Å². The zero-order chi connectivity index (χ0) is 28.1. The highest BCUT2D eigenvalue weighted by molar-refractivity contribution is 6.25. The number of para-hydroxylation sites is 1. The van der Waals surface area contributed by atoms with Gasteiger partial charge in [0.25, 0.3) is 0 Å². The minimum Gasteiger partial charge on any atom is -0.507 e. The summed E-state index contributed by atoms with van der Waals surface area (Å²) in [6.45, 7) is 7.50. The Balaban J connectivity index is 1.73. The molecular weight excluding hydrogens is 492 g/mol.